The average molecular weight is 292 g/mol. The lowest BCUT2D eigenvalue weighted by Crippen LogP contribution is -2.34. The van der Waals surface area contributed by atoms with Gasteiger partial charge >= 0.3 is 0 Å². The Morgan fingerprint density at radius 2 is 1.86 bits per heavy atom. The third-order valence-electron chi connectivity index (χ3n) is 4.35. The molecule has 1 rings (SSSR count). The van der Waals surface area contributed by atoms with Crippen LogP contribution in [0.2, 0.25) is 0 Å². The minimum atomic E-state index is 0.276. The van der Waals surface area contributed by atoms with E-state index in [2.05, 4.69) is 70.1 Å². The van der Waals surface area contributed by atoms with E-state index in [0.717, 1.165) is 18.7 Å². The molecule has 0 spiro atoms. The molecule has 0 saturated carbocycles. The van der Waals surface area contributed by atoms with Crippen molar-refractivity contribution in [1.29, 1.82) is 0 Å². The van der Waals surface area contributed by atoms with Gasteiger partial charge in [0.1, 0.15) is 5.75 Å². The van der Waals surface area contributed by atoms with Crippen molar-refractivity contribution in [2.45, 2.75) is 53.1 Å². The predicted molar refractivity (Wildman–Crippen MR) is 92.4 cm³/mol. The topological polar surface area (TPSA) is 24.5 Å². The van der Waals surface area contributed by atoms with Gasteiger partial charge in [-0.05, 0) is 44.9 Å². The highest BCUT2D eigenvalue weighted by Crippen LogP contribution is 2.35. The third kappa shape index (κ3) is 4.37. The van der Waals surface area contributed by atoms with E-state index < -0.39 is 0 Å². The Hall–Kier alpha value is -1.22. The van der Waals surface area contributed by atoms with Gasteiger partial charge in [-0.2, -0.15) is 0 Å². The van der Waals surface area contributed by atoms with Crippen molar-refractivity contribution >= 4 is 5.69 Å². The van der Waals surface area contributed by atoms with E-state index in [1.807, 2.05) is 0 Å². The Morgan fingerprint density at radius 3 is 2.38 bits per heavy atom. The summed E-state index contributed by atoms with van der Waals surface area (Å²) in [6.45, 7) is 12.2. The number of nitrogens with one attached hydrogen (secondary N) is 1. The Labute approximate surface area is 130 Å². The summed E-state index contributed by atoms with van der Waals surface area (Å²) in [6.07, 6.45) is 1.13. The molecule has 0 amide bonds. The Kier molecular flexibility index (Phi) is 7.03. The summed E-state index contributed by atoms with van der Waals surface area (Å²) in [6, 6.07) is 7.08. The van der Waals surface area contributed by atoms with Gasteiger partial charge in [0, 0.05) is 30.4 Å². The van der Waals surface area contributed by atoms with Gasteiger partial charge in [-0.1, -0.05) is 26.8 Å². The van der Waals surface area contributed by atoms with Crippen LogP contribution in [-0.2, 0) is 0 Å². The van der Waals surface area contributed by atoms with Crippen LogP contribution >= 0.6 is 0 Å². The number of anilines is 1. The molecule has 1 aromatic carbocycles. The monoisotopic (exact) mass is 292 g/mol. The second kappa shape index (κ2) is 8.28. The zero-order valence-electron chi connectivity index (χ0n) is 14.7. The van der Waals surface area contributed by atoms with Gasteiger partial charge in [-0.3, -0.25) is 0 Å². The first kappa shape index (κ1) is 17.8. The van der Waals surface area contributed by atoms with E-state index in [1.54, 1.807) is 7.11 Å². The third-order valence-corrected chi connectivity index (χ3v) is 4.35. The highest BCUT2D eigenvalue weighted by Gasteiger charge is 2.21. The average Bonchev–Trinajstić information content (AvgIpc) is 2.49. The molecule has 120 valence electrons. The van der Waals surface area contributed by atoms with Gasteiger partial charge in [0.15, 0.2) is 0 Å². The van der Waals surface area contributed by atoms with Gasteiger partial charge in [0.05, 0.1) is 7.11 Å². The normalized spacial score (nSPS) is 14.1. The maximum atomic E-state index is 5.61. The zero-order valence-corrected chi connectivity index (χ0v) is 14.7. The van der Waals surface area contributed by atoms with Gasteiger partial charge < -0.3 is 15.0 Å². The molecule has 0 aliphatic rings. The summed E-state index contributed by atoms with van der Waals surface area (Å²) in [5.41, 5.74) is 2.51. The minimum Gasteiger partial charge on any atom is -0.496 e. The first-order chi connectivity index (χ1) is 9.93. The summed E-state index contributed by atoms with van der Waals surface area (Å²) in [5, 5.41) is 3.58. The summed E-state index contributed by atoms with van der Waals surface area (Å²) < 4.78 is 5.61. The summed E-state index contributed by atoms with van der Waals surface area (Å²) in [5.74, 6) is 1.57. The highest BCUT2D eigenvalue weighted by molar-refractivity contribution is 5.61. The fourth-order valence-corrected chi connectivity index (χ4v) is 2.58. The Bertz CT molecular complexity index is 431. The molecule has 2 unspecified atom stereocenters. The molecule has 0 radical (unpaired) electrons. The summed E-state index contributed by atoms with van der Waals surface area (Å²) in [7, 11) is 3.93. The van der Waals surface area contributed by atoms with Crippen molar-refractivity contribution in [2.24, 2.45) is 5.92 Å². The van der Waals surface area contributed by atoms with Crippen LogP contribution in [0.5, 0.6) is 5.75 Å². The van der Waals surface area contributed by atoms with Crippen molar-refractivity contribution in [3.63, 3.8) is 0 Å². The van der Waals surface area contributed by atoms with Crippen LogP contribution in [0.4, 0.5) is 5.69 Å². The first-order valence-electron chi connectivity index (χ1n) is 8.07. The molecule has 3 heteroatoms. The van der Waals surface area contributed by atoms with Crippen LogP contribution in [0, 0.1) is 5.92 Å². The molecule has 1 aromatic rings. The lowest BCUT2D eigenvalue weighted by atomic mass is 9.99. The van der Waals surface area contributed by atoms with Crippen LogP contribution in [0.25, 0.3) is 0 Å². The number of hydrogen-bond donors (Lipinski definition) is 1. The number of ether oxygens (including phenoxy) is 1. The van der Waals surface area contributed by atoms with Crippen LogP contribution < -0.4 is 15.0 Å². The largest absolute Gasteiger partial charge is 0.496 e. The lowest BCUT2D eigenvalue weighted by Gasteiger charge is -2.33. The molecule has 2 atom stereocenters. The Morgan fingerprint density at radius 1 is 1.19 bits per heavy atom. The van der Waals surface area contributed by atoms with E-state index in [1.165, 1.54) is 11.3 Å². The molecule has 0 bridgehead atoms. The molecule has 0 saturated heterocycles. The predicted octanol–water partition coefficient (Wildman–Crippen LogP) is 4.24. The van der Waals surface area contributed by atoms with Crippen molar-refractivity contribution in [1.82, 2.24) is 5.32 Å². The first-order valence-corrected chi connectivity index (χ1v) is 8.07. The maximum absolute atomic E-state index is 5.61. The zero-order chi connectivity index (χ0) is 16.0. The molecule has 0 aliphatic heterocycles. The minimum absolute atomic E-state index is 0.276. The van der Waals surface area contributed by atoms with Crippen LogP contribution in [-0.4, -0.2) is 26.7 Å². The SMILES string of the molecule is CCCNC(C)c1c(OC)cccc1N(C)C(C)C(C)C. The number of rotatable bonds is 8. The lowest BCUT2D eigenvalue weighted by molar-refractivity contribution is 0.401. The van der Waals surface area contributed by atoms with Crippen LogP contribution in [0.15, 0.2) is 18.2 Å². The fraction of sp³-hybridized carbons (Fsp3) is 0.667. The molecule has 0 aliphatic carbocycles. The molecule has 3 nitrogen and oxygen atoms in total. The van der Waals surface area contributed by atoms with Crippen molar-refractivity contribution in [2.75, 3.05) is 25.6 Å². The van der Waals surface area contributed by atoms with E-state index in [9.17, 15) is 0 Å². The van der Waals surface area contributed by atoms with Crippen molar-refractivity contribution in [3.05, 3.63) is 23.8 Å². The molecule has 0 heterocycles. The molecule has 1 N–H and O–H groups in total. The smallest absolute Gasteiger partial charge is 0.125 e. The number of methoxy groups -OCH3 is 1. The standard InChI is InChI=1S/C18H32N2O/c1-8-12-19-14(4)18-16(10-9-11-17(18)21-7)20(6)15(5)13(2)3/h9-11,13-15,19H,8,12H2,1-7H3. The Balaban J connectivity index is 3.18. The number of nitrogens with zero attached hydrogens (tertiary/aromatic N) is 1. The van der Waals surface area contributed by atoms with Crippen molar-refractivity contribution in [3.8, 4) is 5.75 Å². The molecular formula is C18H32N2O. The fourth-order valence-electron chi connectivity index (χ4n) is 2.58. The quantitative estimate of drug-likeness (QED) is 0.775. The molecular weight excluding hydrogens is 260 g/mol. The maximum Gasteiger partial charge on any atom is 0.125 e. The van der Waals surface area contributed by atoms with Gasteiger partial charge in [-0.25, -0.2) is 0 Å². The number of benzene rings is 1. The van der Waals surface area contributed by atoms with Crippen LogP contribution in [0.3, 0.4) is 0 Å². The number of hydrogen-bond acceptors (Lipinski definition) is 3. The van der Waals surface area contributed by atoms with E-state index in [4.69, 9.17) is 4.74 Å². The molecule has 21 heavy (non-hydrogen) atoms. The van der Waals surface area contributed by atoms with Gasteiger partial charge in [0.25, 0.3) is 0 Å². The summed E-state index contributed by atoms with van der Waals surface area (Å²) in [4.78, 5) is 2.37. The van der Waals surface area contributed by atoms with Gasteiger partial charge in [0.2, 0.25) is 0 Å². The highest BCUT2D eigenvalue weighted by atomic mass is 16.5. The second-order valence-corrected chi connectivity index (χ2v) is 6.16. The van der Waals surface area contributed by atoms with E-state index in [-0.39, 0.29) is 6.04 Å². The molecule has 0 fully saturated rings. The van der Waals surface area contributed by atoms with Crippen LogP contribution in [0.1, 0.15) is 52.6 Å². The second-order valence-electron chi connectivity index (χ2n) is 6.16. The van der Waals surface area contributed by atoms with Crippen molar-refractivity contribution < 1.29 is 4.74 Å². The van der Waals surface area contributed by atoms with E-state index in [0.29, 0.717) is 12.0 Å². The molecule has 0 aromatic heterocycles. The summed E-state index contributed by atoms with van der Waals surface area (Å²) >= 11 is 0. The van der Waals surface area contributed by atoms with E-state index >= 15 is 0 Å². The van der Waals surface area contributed by atoms with Gasteiger partial charge in [-0.15, -0.1) is 0 Å².